The van der Waals surface area contributed by atoms with Crippen LogP contribution in [0.15, 0.2) is 103 Å². The van der Waals surface area contributed by atoms with Crippen LogP contribution in [0.2, 0.25) is 0 Å². The van der Waals surface area contributed by atoms with E-state index in [1.165, 1.54) is 19.1 Å². The molecule has 3 N–H and O–H groups in total. The Hall–Kier alpha value is -7.00. The van der Waals surface area contributed by atoms with Crippen LogP contribution in [-0.2, 0) is 23.8 Å². The van der Waals surface area contributed by atoms with Crippen LogP contribution in [-0.4, -0.2) is 112 Å². The number of carbonyl (C=O) groups excluding carboxylic acids is 4. The molecule has 4 amide bonds. The lowest BCUT2D eigenvalue weighted by Crippen LogP contribution is -2.51. The first kappa shape index (κ1) is 43.6. The fourth-order valence-electron chi connectivity index (χ4n) is 9.13. The van der Waals surface area contributed by atoms with Crippen molar-refractivity contribution < 1.29 is 33.4 Å². The van der Waals surface area contributed by atoms with Crippen LogP contribution in [0.25, 0.3) is 44.4 Å². The number of likely N-dealkylation sites (N-methyl/N-ethyl adjacent to an activating group) is 1. The van der Waals surface area contributed by atoms with Gasteiger partial charge in [-0.2, -0.15) is 0 Å². The topological polar surface area (TPSA) is 175 Å². The number of benzene rings is 4. The van der Waals surface area contributed by atoms with E-state index in [0.717, 1.165) is 63.1 Å². The first-order chi connectivity index (χ1) is 31.0. The molecule has 4 aromatic carbocycles. The predicted octanol–water partition coefficient (Wildman–Crippen LogP) is 8.06. The van der Waals surface area contributed by atoms with E-state index in [-0.39, 0.29) is 29.9 Å². The van der Waals surface area contributed by atoms with E-state index in [2.05, 4.69) is 75.9 Å². The average molecular weight is 867 g/mol. The molecule has 0 bridgehead atoms. The van der Waals surface area contributed by atoms with E-state index in [0.29, 0.717) is 30.9 Å². The first-order valence-corrected chi connectivity index (χ1v) is 21.6. The molecular formula is C49H54N8O7. The number of H-pyrrole nitrogens is 2. The fraction of sp³-hybridized carbons (Fsp3) is 0.347. The maximum atomic E-state index is 14.1. The van der Waals surface area contributed by atoms with Crippen LogP contribution < -0.4 is 5.32 Å². The second kappa shape index (κ2) is 18.8. The van der Waals surface area contributed by atoms with Crippen LogP contribution in [0.5, 0.6) is 0 Å². The molecule has 64 heavy (non-hydrogen) atoms. The Labute approximate surface area is 372 Å². The molecule has 8 rings (SSSR count). The summed E-state index contributed by atoms with van der Waals surface area (Å²) in [6.45, 7) is 4.80. The number of fused-ring (bicyclic) bond motifs is 1. The summed E-state index contributed by atoms with van der Waals surface area (Å²) in [5.41, 5.74) is 6.38. The largest absolute Gasteiger partial charge is 0.453 e. The summed E-state index contributed by atoms with van der Waals surface area (Å²) < 4.78 is 15.5. The zero-order chi connectivity index (χ0) is 45.1. The number of aromatic nitrogens is 4. The highest BCUT2D eigenvalue weighted by atomic mass is 16.5. The molecule has 6 aromatic rings. The third kappa shape index (κ3) is 8.80. The first-order valence-electron chi connectivity index (χ1n) is 21.6. The van der Waals surface area contributed by atoms with Crippen molar-refractivity contribution in [3.63, 3.8) is 0 Å². The molecule has 5 atom stereocenters. The lowest BCUT2D eigenvalue weighted by atomic mass is 9.98. The molecule has 0 aliphatic carbocycles. The molecule has 15 heteroatoms. The van der Waals surface area contributed by atoms with Crippen molar-refractivity contribution in [1.29, 1.82) is 0 Å². The summed E-state index contributed by atoms with van der Waals surface area (Å²) in [6.07, 6.45) is 4.32. The standard InChI is InChI=1S/C49H54N8O7/c1-29(2)43(55(3)49(61)64-6)47(59)56-22-10-13-40(56)44-50-27-39(53-44)36-21-20-34-23-33(18-19-35(34)24-36)30-14-16-31(17-15-30)38-26-51-45(52-38)41-25-37(62-4)28-57(41)46(58)42(54-48(60)63-5)32-11-8-7-9-12-32/h7-9,11-12,14-21,23-24,26-27,29,37,40-43H,10,13,22,25,28H2,1-6H3,(H,50,53)(H,51,52)(H,54,60)/t37-,40-,41-,42+,43-/m0/s1. The smallest absolute Gasteiger partial charge is 0.409 e. The van der Waals surface area contributed by atoms with Gasteiger partial charge in [0.15, 0.2) is 0 Å². The Balaban J connectivity index is 0.958. The molecule has 15 nitrogen and oxygen atoms in total. The average Bonchev–Trinajstić information content (AvgIpc) is 4.17. The van der Waals surface area contributed by atoms with Crippen molar-refractivity contribution in [2.45, 2.75) is 63.4 Å². The fourth-order valence-corrected chi connectivity index (χ4v) is 9.13. The Bertz CT molecular complexity index is 2630. The molecule has 332 valence electrons. The van der Waals surface area contributed by atoms with Gasteiger partial charge >= 0.3 is 12.2 Å². The number of nitrogens with zero attached hydrogens (tertiary/aromatic N) is 5. The van der Waals surface area contributed by atoms with Crippen LogP contribution in [0.4, 0.5) is 9.59 Å². The second-order valence-electron chi connectivity index (χ2n) is 16.8. The minimum Gasteiger partial charge on any atom is -0.453 e. The quantitative estimate of drug-likeness (QED) is 0.110. The molecule has 2 saturated heterocycles. The number of alkyl carbamates (subject to hydrolysis) is 1. The summed E-state index contributed by atoms with van der Waals surface area (Å²) in [7, 11) is 5.83. The van der Waals surface area contributed by atoms with Crippen LogP contribution in [0.3, 0.4) is 0 Å². The third-order valence-corrected chi connectivity index (χ3v) is 12.5. The van der Waals surface area contributed by atoms with Gasteiger partial charge in [-0.1, -0.05) is 92.7 Å². The van der Waals surface area contributed by atoms with Crippen LogP contribution >= 0.6 is 0 Å². The molecule has 0 spiro atoms. The highest BCUT2D eigenvalue weighted by Crippen LogP contribution is 2.37. The number of imidazole rings is 2. The summed E-state index contributed by atoms with van der Waals surface area (Å²) in [5.74, 6) is 0.871. The van der Waals surface area contributed by atoms with Gasteiger partial charge < -0.3 is 39.3 Å². The predicted molar refractivity (Wildman–Crippen MR) is 242 cm³/mol. The van der Waals surface area contributed by atoms with Crippen molar-refractivity contribution in [2.24, 2.45) is 5.92 Å². The normalized spacial score (nSPS) is 18.3. The maximum absolute atomic E-state index is 14.1. The number of rotatable bonds is 12. The van der Waals surface area contributed by atoms with Crippen molar-refractivity contribution in [3.05, 3.63) is 121 Å². The highest BCUT2D eigenvalue weighted by Gasteiger charge is 2.42. The van der Waals surface area contributed by atoms with Gasteiger partial charge in [-0.15, -0.1) is 0 Å². The minimum absolute atomic E-state index is 0.0983. The number of ether oxygens (including phenoxy) is 3. The number of methoxy groups -OCH3 is 3. The van der Waals surface area contributed by atoms with Gasteiger partial charge in [0.1, 0.15) is 23.7 Å². The monoisotopic (exact) mass is 866 g/mol. The number of hydrogen-bond donors (Lipinski definition) is 3. The van der Waals surface area contributed by atoms with Gasteiger partial charge in [0, 0.05) is 39.2 Å². The van der Waals surface area contributed by atoms with Crippen molar-refractivity contribution >= 4 is 34.8 Å². The molecule has 2 fully saturated rings. The number of hydrogen-bond acceptors (Lipinski definition) is 9. The molecule has 0 saturated carbocycles. The van der Waals surface area contributed by atoms with E-state index in [9.17, 15) is 19.2 Å². The summed E-state index contributed by atoms with van der Waals surface area (Å²) in [4.78, 5) is 74.0. The molecule has 2 aliphatic rings. The van der Waals surface area contributed by atoms with E-state index in [1.54, 1.807) is 37.4 Å². The van der Waals surface area contributed by atoms with Gasteiger partial charge in [0.2, 0.25) is 5.91 Å². The number of nitrogens with one attached hydrogen (secondary N) is 3. The van der Waals surface area contributed by atoms with Gasteiger partial charge in [0.25, 0.3) is 5.91 Å². The SMILES string of the molecule is COC(=O)N[C@@H](C(=O)N1C[C@@H](OC)C[C@H]1c1ncc(-c2ccc(-c3ccc4cc(-c5cnc([C@@H]6CCCN6C(=O)[C@H](C(C)C)N(C)C(=O)OC)[nH]5)ccc4c3)cc2)[nH]1)c1ccccc1. The molecule has 2 aromatic heterocycles. The zero-order valence-corrected chi connectivity index (χ0v) is 36.9. The molecule has 4 heterocycles. The zero-order valence-electron chi connectivity index (χ0n) is 36.9. The molecule has 0 radical (unpaired) electrons. The van der Waals surface area contributed by atoms with Crippen LogP contribution in [0.1, 0.15) is 68.4 Å². The number of amides is 4. The number of aromatic amines is 2. The lowest BCUT2D eigenvalue weighted by molar-refractivity contribution is -0.138. The minimum atomic E-state index is -0.947. The Kier molecular flexibility index (Phi) is 12.8. The van der Waals surface area contributed by atoms with Crippen LogP contribution in [0, 0.1) is 5.92 Å². The van der Waals surface area contributed by atoms with E-state index in [4.69, 9.17) is 24.2 Å². The Morgan fingerprint density at radius 3 is 1.98 bits per heavy atom. The van der Waals surface area contributed by atoms with Crippen molar-refractivity contribution in [2.75, 3.05) is 41.5 Å². The van der Waals surface area contributed by atoms with Gasteiger partial charge in [-0.25, -0.2) is 19.6 Å². The Morgan fingerprint density at radius 2 is 1.34 bits per heavy atom. The summed E-state index contributed by atoms with van der Waals surface area (Å²) in [5, 5.41) is 4.88. The number of likely N-dealkylation sites (tertiary alicyclic amines) is 2. The highest BCUT2D eigenvalue weighted by molar-refractivity contribution is 5.91. The molecule has 2 aliphatic heterocycles. The van der Waals surface area contributed by atoms with E-state index >= 15 is 0 Å². The second-order valence-corrected chi connectivity index (χ2v) is 16.8. The third-order valence-electron chi connectivity index (χ3n) is 12.5. The van der Waals surface area contributed by atoms with E-state index in [1.807, 2.05) is 43.1 Å². The van der Waals surface area contributed by atoms with Gasteiger partial charge in [0.05, 0.1) is 56.2 Å². The number of carbonyl (C=O) groups is 4. The summed E-state index contributed by atoms with van der Waals surface area (Å²) >= 11 is 0. The lowest BCUT2D eigenvalue weighted by Gasteiger charge is -2.34. The van der Waals surface area contributed by atoms with E-state index < -0.39 is 30.3 Å². The summed E-state index contributed by atoms with van der Waals surface area (Å²) in [6, 6.07) is 27.9. The van der Waals surface area contributed by atoms with Crippen molar-refractivity contribution in [1.82, 2.24) is 40.0 Å². The molecule has 0 unspecified atom stereocenters. The Morgan fingerprint density at radius 1 is 0.734 bits per heavy atom. The van der Waals surface area contributed by atoms with Crippen molar-refractivity contribution in [3.8, 4) is 33.6 Å². The van der Waals surface area contributed by atoms with Gasteiger partial charge in [-0.05, 0) is 63.9 Å². The maximum Gasteiger partial charge on any atom is 0.409 e. The van der Waals surface area contributed by atoms with Gasteiger partial charge in [-0.3, -0.25) is 14.5 Å². The molecular weight excluding hydrogens is 813 g/mol.